The number of fused-ring (bicyclic) bond motifs is 1. The average molecular weight is 281 g/mol. The van der Waals surface area contributed by atoms with Crippen LogP contribution in [0.15, 0.2) is 29.1 Å². The third kappa shape index (κ3) is 1.95. The van der Waals surface area contributed by atoms with Gasteiger partial charge >= 0.3 is 5.69 Å². The van der Waals surface area contributed by atoms with E-state index in [1.807, 2.05) is 12.1 Å². The van der Waals surface area contributed by atoms with Crippen LogP contribution in [0.25, 0.3) is 0 Å². The normalized spacial score (nSPS) is 17.7. The van der Waals surface area contributed by atoms with Crippen LogP contribution in [-0.2, 0) is 17.9 Å². The highest BCUT2D eigenvalue weighted by Gasteiger charge is 2.28. The summed E-state index contributed by atoms with van der Waals surface area (Å²) in [6.45, 7) is 2.36. The monoisotopic (exact) mass is 280 g/mol. The fourth-order valence-corrected chi connectivity index (χ4v) is 2.42. The topological polar surface area (TPSA) is 56.4 Å². The summed E-state index contributed by atoms with van der Waals surface area (Å²) in [5, 5.41) is 10.7. The van der Waals surface area contributed by atoms with E-state index >= 15 is 0 Å². The van der Waals surface area contributed by atoms with Crippen molar-refractivity contribution in [3.05, 3.63) is 51.0 Å². The van der Waals surface area contributed by atoms with Crippen LogP contribution in [0, 0.1) is 0 Å². The summed E-state index contributed by atoms with van der Waals surface area (Å²) in [5.74, 6) is -0.0238. The SMILES string of the molecule is CC1OCc2c(O)n(Cc3ccc(Cl)cc3)c(=O)n21. The van der Waals surface area contributed by atoms with E-state index in [0.29, 0.717) is 17.3 Å². The minimum absolute atomic E-state index is 0.0238. The molecule has 6 heteroatoms. The van der Waals surface area contributed by atoms with Gasteiger partial charge in [-0.2, -0.15) is 0 Å². The molecule has 100 valence electrons. The van der Waals surface area contributed by atoms with Gasteiger partial charge in [0.25, 0.3) is 0 Å². The van der Waals surface area contributed by atoms with Crippen LogP contribution >= 0.6 is 11.6 Å². The summed E-state index contributed by atoms with van der Waals surface area (Å²) >= 11 is 5.82. The van der Waals surface area contributed by atoms with Crippen LogP contribution < -0.4 is 5.69 Å². The molecule has 1 aromatic heterocycles. The first-order valence-electron chi connectivity index (χ1n) is 5.97. The van der Waals surface area contributed by atoms with Crippen molar-refractivity contribution in [2.75, 3.05) is 0 Å². The number of aromatic nitrogens is 2. The number of hydrogen-bond acceptors (Lipinski definition) is 3. The van der Waals surface area contributed by atoms with Gasteiger partial charge < -0.3 is 9.84 Å². The molecule has 0 spiro atoms. The Hall–Kier alpha value is -1.72. The average Bonchev–Trinajstić information content (AvgIpc) is 2.88. The van der Waals surface area contributed by atoms with Crippen molar-refractivity contribution >= 4 is 11.6 Å². The number of nitrogens with zero attached hydrogens (tertiary/aromatic N) is 2. The molecule has 5 nitrogen and oxygen atoms in total. The lowest BCUT2D eigenvalue weighted by atomic mass is 10.2. The van der Waals surface area contributed by atoms with Gasteiger partial charge in [0.05, 0.1) is 13.2 Å². The minimum Gasteiger partial charge on any atom is -0.493 e. The van der Waals surface area contributed by atoms with E-state index in [1.165, 1.54) is 9.13 Å². The molecule has 0 saturated heterocycles. The summed E-state index contributed by atoms with van der Waals surface area (Å²) in [4.78, 5) is 12.2. The Bertz CT molecular complexity index is 672. The minimum atomic E-state index is -0.333. The standard InChI is InChI=1S/C13H13ClN2O3/c1-8-16-11(7-19-8)12(17)15(13(16)18)6-9-2-4-10(14)5-3-9/h2-5,8,17H,6-7H2,1H3. The zero-order valence-electron chi connectivity index (χ0n) is 10.3. The van der Waals surface area contributed by atoms with E-state index in [0.717, 1.165) is 5.56 Å². The Kier molecular flexibility index (Phi) is 2.88. The number of benzene rings is 1. The largest absolute Gasteiger partial charge is 0.493 e. The van der Waals surface area contributed by atoms with Crippen LogP contribution in [-0.4, -0.2) is 14.2 Å². The van der Waals surface area contributed by atoms with Crippen LogP contribution in [0.3, 0.4) is 0 Å². The van der Waals surface area contributed by atoms with Gasteiger partial charge in [-0.15, -0.1) is 0 Å². The van der Waals surface area contributed by atoms with Gasteiger partial charge in [-0.1, -0.05) is 23.7 Å². The quantitative estimate of drug-likeness (QED) is 0.917. The zero-order valence-corrected chi connectivity index (χ0v) is 11.1. The second-order valence-corrected chi connectivity index (χ2v) is 4.98. The number of imidazole rings is 1. The fourth-order valence-electron chi connectivity index (χ4n) is 2.30. The lowest BCUT2D eigenvalue weighted by molar-refractivity contribution is 0.0431. The van der Waals surface area contributed by atoms with Gasteiger partial charge in [0.2, 0.25) is 5.88 Å². The van der Waals surface area contributed by atoms with Crippen LogP contribution in [0.4, 0.5) is 0 Å². The molecule has 1 aliphatic heterocycles. The number of ether oxygens (including phenoxy) is 1. The predicted octanol–water partition coefficient (Wildman–Crippen LogP) is 2.11. The zero-order chi connectivity index (χ0) is 13.6. The second-order valence-electron chi connectivity index (χ2n) is 4.55. The summed E-state index contributed by atoms with van der Waals surface area (Å²) in [6.07, 6.45) is -0.333. The maximum absolute atomic E-state index is 12.2. The first kappa shape index (κ1) is 12.3. The van der Waals surface area contributed by atoms with Gasteiger partial charge in [0, 0.05) is 5.02 Å². The van der Waals surface area contributed by atoms with Crippen molar-refractivity contribution in [2.24, 2.45) is 0 Å². The predicted molar refractivity (Wildman–Crippen MR) is 70.4 cm³/mol. The van der Waals surface area contributed by atoms with E-state index < -0.39 is 0 Å². The maximum atomic E-state index is 12.2. The van der Waals surface area contributed by atoms with Crippen molar-refractivity contribution < 1.29 is 9.84 Å². The molecule has 0 bridgehead atoms. The number of hydrogen-bond donors (Lipinski definition) is 1. The van der Waals surface area contributed by atoms with Gasteiger partial charge in [-0.25, -0.2) is 4.79 Å². The van der Waals surface area contributed by atoms with Crippen molar-refractivity contribution in [3.8, 4) is 5.88 Å². The van der Waals surface area contributed by atoms with Gasteiger partial charge in [0.15, 0.2) is 0 Å². The first-order valence-corrected chi connectivity index (χ1v) is 6.34. The molecule has 0 amide bonds. The van der Waals surface area contributed by atoms with E-state index in [4.69, 9.17) is 16.3 Å². The molecule has 0 fully saturated rings. The van der Waals surface area contributed by atoms with E-state index in [2.05, 4.69) is 0 Å². The van der Waals surface area contributed by atoms with Gasteiger partial charge in [0.1, 0.15) is 11.9 Å². The summed E-state index contributed by atoms with van der Waals surface area (Å²) in [5.41, 5.74) is 1.18. The van der Waals surface area contributed by atoms with Crippen LogP contribution in [0.5, 0.6) is 5.88 Å². The molecule has 3 rings (SSSR count). The highest BCUT2D eigenvalue weighted by molar-refractivity contribution is 6.30. The molecule has 2 heterocycles. The second kappa shape index (κ2) is 4.43. The molecular formula is C13H13ClN2O3. The molecule has 2 aromatic rings. The summed E-state index contributed by atoms with van der Waals surface area (Å²) in [7, 11) is 0. The van der Waals surface area contributed by atoms with Crippen molar-refractivity contribution in [1.29, 1.82) is 0 Å². The number of halogens is 1. The number of aromatic hydroxyl groups is 1. The molecule has 1 aromatic carbocycles. The lowest BCUT2D eigenvalue weighted by Crippen LogP contribution is -2.26. The van der Waals surface area contributed by atoms with E-state index in [-0.39, 0.29) is 24.4 Å². The first-order chi connectivity index (χ1) is 9.08. The molecule has 0 aliphatic carbocycles. The molecule has 0 saturated carbocycles. The molecule has 1 N–H and O–H groups in total. The Labute approximate surface area is 114 Å². The molecule has 1 aliphatic rings. The highest BCUT2D eigenvalue weighted by Crippen LogP contribution is 2.28. The van der Waals surface area contributed by atoms with E-state index in [9.17, 15) is 9.90 Å². The van der Waals surface area contributed by atoms with Crippen LogP contribution in [0.2, 0.25) is 5.02 Å². The molecular weight excluding hydrogens is 268 g/mol. The molecule has 19 heavy (non-hydrogen) atoms. The Morgan fingerprint density at radius 3 is 2.74 bits per heavy atom. The Morgan fingerprint density at radius 2 is 2.11 bits per heavy atom. The van der Waals surface area contributed by atoms with E-state index in [1.54, 1.807) is 19.1 Å². The highest BCUT2D eigenvalue weighted by atomic mass is 35.5. The van der Waals surface area contributed by atoms with Crippen molar-refractivity contribution in [1.82, 2.24) is 9.13 Å². The van der Waals surface area contributed by atoms with Gasteiger partial charge in [-0.05, 0) is 24.6 Å². The third-order valence-corrected chi connectivity index (χ3v) is 3.57. The van der Waals surface area contributed by atoms with Crippen molar-refractivity contribution in [2.45, 2.75) is 26.3 Å². The summed E-state index contributed by atoms with van der Waals surface area (Å²) in [6, 6.07) is 7.18. The van der Waals surface area contributed by atoms with Gasteiger partial charge in [-0.3, -0.25) is 9.13 Å². The summed E-state index contributed by atoms with van der Waals surface area (Å²) < 4.78 is 8.14. The maximum Gasteiger partial charge on any atom is 0.333 e. The Balaban J connectivity index is 2.01. The number of rotatable bonds is 2. The Morgan fingerprint density at radius 1 is 1.42 bits per heavy atom. The lowest BCUT2D eigenvalue weighted by Gasteiger charge is -2.06. The molecule has 1 atom stereocenters. The molecule has 1 unspecified atom stereocenters. The van der Waals surface area contributed by atoms with Crippen molar-refractivity contribution in [3.63, 3.8) is 0 Å². The smallest absolute Gasteiger partial charge is 0.333 e. The third-order valence-electron chi connectivity index (χ3n) is 3.32. The molecule has 0 radical (unpaired) electrons. The fraction of sp³-hybridized carbons (Fsp3) is 0.308. The van der Waals surface area contributed by atoms with Crippen LogP contribution in [0.1, 0.15) is 24.4 Å².